The van der Waals surface area contributed by atoms with Crippen LogP contribution in [0.1, 0.15) is 11.1 Å². The van der Waals surface area contributed by atoms with E-state index < -0.39 is 0 Å². The first-order chi connectivity index (χ1) is 10.4. The van der Waals surface area contributed by atoms with Gasteiger partial charge in [-0.25, -0.2) is 0 Å². The Hall–Kier alpha value is -2.67. The summed E-state index contributed by atoms with van der Waals surface area (Å²) in [6, 6.07) is 23.5. The van der Waals surface area contributed by atoms with E-state index in [9.17, 15) is 0 Å². The Balaban J connectivity index is 1.92. The molecule has 1 heterocycles. The van der Waals surface area contributed by atoms with Crippen LogP contribution in [0, 0.1) is 0 Å². The summed E-state index contributed by atoms with van der Waals surface area (Å²) in [5.74, 6) is 0. The van der Waals surface area contributed by atoms with E-state index in [1.165, 1.54) is 32.7 Å². The van der Waals surface area contributed by atoms with Gasteiger partial charge in [0.15, 0.2) is 0 Å². The summed E-state index contributed by atoms with van der Waals surface area (Å²) in [6.07, 6.45) is 4.89. The molecule has 0 saturated carbocycles. The fourth-order valence-corrected chi connectivity index (χ4v) is 2.94. The average molecular weight is 269 g/mol. The number of hydrogen-bond donors (Lipinski definition) is 0. The summed E-state index contributed by atoms with van der Waals surface area (Å²) in [4.78, 5) is 4.46. The third-order valence-corrected chi connectivity index (χ3v) is 3.99. The van der Waals surface area contributed by atoms with Crippen molar-refractivity contribution < 1.29 is 0 Å². The molecular weight excluding hydrogens is 254 g/mol. The van der Waals surface area contributed by atoms with Gasteiger partial charge in [-0.05, 0) is 33.7 Å². The third-order valence-electron chi connectivity index (χ3n) is 3.99. The van der Waals surface area contributed by atoms with Gasteiger partial charge >= 0.3 is 0 Å². The summed E-state index contributed by atoms with van der Waals surface area (Å²) < 4.78 is 0. The number of fused-ring (bicyclic) bond motifs is 3. The van der Waals surface area contributed by atoms with E-state index in [-0.39, 0.29) is 0 Å². The molecule has 1 nitrogen and oxygen atoms in total. The Labute approximate surface area is 123 Å². The molecule has 100 valence electrons. The number of pyridine rings is 1. The van der Waals surface area contributed by atoms with Crippen molar-refractivity contribution in [3.63, 3.8) is 0 Å². The molecule has 0 bridgehead atoms. The molecular formula is C20H15N. The molecule has 0 saturated heterocycles. The minimum atomic E-state index is 0.920. The lowest BCUT2D eigenvalue weighted by molar-refractivity contribution is 1.17. The highest BCUT2D eigenvalue weighted by molar-refractivity contribution is 6.08. The van der Waals surface area contributed by atoms with Gasteiger partial charge in [0.25, 0.3) is 0 Å². The summed E-state index contributed by atoms with van der Waals surface area (Å²) in [7, 11) is 0. The minimum Gasteiger partial charge on any atom is -0.264 e. The molecule has 0 N–H and O–H groups in total. The summed E-state index contributed by atoms with van der Waals surface area (Å²) in [6.45, 7) is 0. The van der Waals surface area contributed by atoms with E-state index in [2.05, 4.69) is 71.7 Å². The zero-order valence-corrected chi connectivity index (χ0v) is 11.7. The van der Waals surface area contributed by atoms with Crippen LogP contribution in [-0.4, -0.2) is 4.98 Å². The molecule has 4 aromatic rings. The van der Waals surface area contributed by atoms with Gasteiger partial charge in [-0.3, -0.25) is 4.98 Å². The van der Waals surface area contributed by atoms with E-state index in [1.807, 2.05) is 12.4 Å². The molecule has 0 aliphatic rings. The first-order valence-corrected chi connectivity index (χ1v) is 7.20. The molecule has 4 rings (SSSR count). The van der Waals surface area contributed by atoms with Crippen LogP contribution < -0.4 is 0 Å². The lowest BCUT2D eigenvalue weighted by Gasteiger charge is -2.09. The first kappa shape index (κ1) is 12.1. The first-order valence-electron chi connectivity index (χ1n) is 7.20. The molecule has 1 aromatic heterocycles. The minimum absolute atomic E-state index is 0.920. The van der Waals surface area contributed by atoms with E-state index in [4.69, 9.17) is 0 Å². The molecule has 0 unspecified atom stereocenters. The maximum absolute atomic E-state index is 4.46. The van der Waals surface area contributed by atoms with Crippen molar-refractivity contribution in [1.29, 1.82) is 0 Å². The predicted molar refractivity (Wildman–Crippen MR) is 88.5 cm³/mol. The Kier molecular flexibility index (Phi) is 2.89. The van der Waals surface area contributed by atoms with Crippen molar-refractivity contribution in [2.75, 3.05) is 0 Å². The summed E-state index contributed by atoms with van der Waals surface area (Å²) in [5, 5.41) is 5.08. The quantitative estimate of drug-likeness (QED) is 0.468. The number of aromatic nitrogens is 1. The third kappa shape index (κ3) is 2.17. The molecule has 0 atom stereocenters. The molecule has 0 aliphatic carbocycles. The van der Waals surface area contributed by atoms with Crippen LogP contribution in [0.2, 0.25) is 0 Å². The zero-order valence-electron chi connectivity index (χ0n) is 11.7. The maximum atomic E-state index is 4.46. The molecule has 0 aliphatic heterocycles. The van der Waals surface area contributed by atoms with Gasteiger partial charge < -0.3 is 0 Å². The van der Waals surface area contributed by atoms with Gasteiger partial charge in [-0.15, -0.1) is 0 Å². The zero-order chi connectivity index (χ0) is 14.1. The Morgan fingerprint density at radius 3 is 2.33 bits per heavy atom. The van der Waals surface area contributed by atoms with Crippen LogP contribution in [0.15, 0.2) is 79.1 Å². The number of hydrogen-bond acceptors (Lipinski definition) is 1. The van der Waals surface area contributed by atoms with Crippen LogP contribution in [0.5, 0.6) is 0 Å². The smallest absolute Gasteiger partial charge is 0.0352 e. The van der Waals surface area contributed by atoms with E-state index >= 15 is 0 Å². The predicted octanol–water partition coefficient (Wildman–Crippen LogP) is 4.98. The lowest BCUT2D eigenvalue weighted by atomic mass is 9.97. The highest BCUT2D eigenvalue weighted by Gasteiger charge is 2.05. The van der Waals surface area contributed by atoms with E-state index in [0.29, 0.717) is 0 Å². The Bertz CT molecular complexity index is 910. The van der Waals surface area contributed by atoms with Crippen LogP contribution in [-0.2, 0) is 6.42 Å². The molecule has 0 spiro atoms. The monoisotopic (exact) mass is 269 g/mol. The number of rotatable bonds is 2. The van der Waals surface area contributed by atoms with Gasteiger partial charge in [0, 0.05) is 17.8 Å². The highest BCUT2D eigenvalue weighted by atomic mass is 14.6. The van der Waals surface area contributed by atoms with Crippen LogP contribution in [0.25, 0.3) is 21.5 Å². The largest absolute Gasteiger partial charge is 0.264 e. The van der Waals surface area contributed by atoms with Gasteiger partial charge in [-0.2, -0.15) is 0 Å². The summed E-state index contributed by atoms with van der Waals surface area (Å²) >= 11 is 0. The van der Waals surface area contributed by atoms with E-state index in [0.717, 1.165) is 6.42 Å². The van der Waals surface area contributed by atoms with Crippen molar-refractivity contribution in [1.82, 2.24) is 4.98 Å². The number of benzene rings is 3. The van der Waals surface area contributed by atoms with Crippen LogP contribution >= 0.6 is 0 Å². The average Bonchev–Trinajstić information content (AvgIpc) is 2.56. The second-order valence-electron chi connectivity index (χ2n) is 5.34. The van der Waals surface area contributed by atoms with Gasteiger partial charge in [-0.1, -0.05) is 66.7 Å². The summed E-state index contributed by atoms with van der Waals surface area (Å²) in [5.41, 5.74) is 2.60. The normalized spacial score (nSPS) is 11.0. The van der Waals surface area contributed by atoms with Gasteiger partial charge in [0.1, 0.15) is 0 Å². The Morgan fingerprint density at radius 1 is 0.619 bits per heavy atom. The van der Waals surface area contributed by atoms with Crippen LogP contribution in [0.4, 0.5) is 0 Å². The van der Waals surface area contributed by atoms with Crippen molar-refractivity contribution in [2.45, 2.75) is 6.42 Å². The van der Waals surface area contributed by atoms with Crippen molar-refractivity contribution >= 4 is 21.5 Å². The molecule has 0 fully saturated rings. The second-order valence-corrected chi connectivity index (χ2v) is 5.34. The second kappa shape index (κ2) is 5.02. The highest BCUT2D eigenvalue weighted by Crippen LogP contribution is 2.27. The Morgan fingerprint density at radius 2 is 1.43 bits per heavy atom. The van der Waals surface area contributed by atoms with Crippen molar-refractivity contribution in [3.05, 3.63) is 90.3 Å². The molecule has 3 aromatic carbocycles. The van der Waals surface area contributed by atoms with Crippen molar-refractivity contribution in [2.24, 2.45) is 0 Å². The topological polar surface area (TPSA) is 12.9 Å². The SMILES string of the molecule is c1ccc(Cc2cncc3c2ccc2ccccc23)cc1. The standard InChI is InChI=1S/C20H15N/c1-2-6-15(7-3-1)12-17-13-21-14-20-18-9-5-4-8-16(18)10-11-19(17)20/h1-11,13-14H,12H2. The van der Waals surface area contributed by atoms with Crippen LogP contribution in [0.3, 0.4) is 0 Å². The molecule has 0 radical (unpaired) electrons. The molecule has 1 heteroatoms. The molecule has 0 amide bonds. The number of nitrogens with zero attached hydrogens (tertiary/aromatic N) is 1. The maximum Gasteiger partial charge on any atom is 0.0352 e. The van der Waals surface area contributed by atoms with E-state index in [1.54, 1.807) is 0 Å². The fourth-order valence-electron chi connectivity index (χ4n) is 2.94. The van der Waals surface area contributed by atoms with Gasteiger partial charge in [0.05, 0.1) is 0 Å². The van der Waals surface area contributed by atoms with Crippen molar-refractivity contribution in [3.8, 4) is 0 Å². The van der Waals surface area contributed by atoms with Gasteiger partial charge in [0.2, 0.25) is 0 Å². The lowest BCUT2D eigenvalue weighted by Crippen LogP contribution is -1.91. The molecule has 21 heavy (non-hydrogen) atoms. The fraction of sp³-hybridized carbons (Fsp3) is 0.0500.